The largest absolute Gasteiger partial charge is 0.375 e. The van der Waals surface area contributed by atoms with Gasteiger partial charge in [0.15, 0.2) is 0 Å². The van der Waals surface area contributed by atoms with E-state index in [1.165, 1.54) is 0 Å². The van der Waals surface area contributed by atoms with Gasteiger partial charge in [0.2, 0.25) is 0 Å². The molecule has 0 aliphatic heterocycles. The van der Waals surface area contributed by atoms with Crippen LogP contribution in [-0.4, -0.2) is 19.5 Å². The fraction of sp³-hybridized carbons (Fsp3) is 0.188. The van der Waals surface area contributed by atoms with Crippen molar-refractivity contribution >= 4 is 17.3 Å². The molecular weight excluding hydrogens is 236 g/mol. The van der Waals surface area contributed by atoms with Gasteiger partial charge >= 0.3 is 0 Å². The van der Waals surface area contributed by atoms with E-state index in [0.717, 1.165) is 17.9 Å². The second kappa shape index (κ2) is 6.05. The highest BCUT2D eigenvalue weighted by Gasteiger charge is 2.05. The van der Waals surface area contributed by atoms with Crippen LogP contribution in [0.15, 0.2) is 54.6 Å². The summed E-state index contributed by atoms with van der Waals surface area (Å²) in [5, 5.41) is 2.88. The number of nitrogens with zero attached hydrogens (tertiary/aromatic N) is 1. The molecule has 0 spiro atoms. The van der Waals surface area contributed by atoms with Crippen LogP contribution in [0, 0.1) is 0 Å². The maximum Gasteiger partial charge on any atom is 0.255 e. The SMILES string of the molecule is CCN(C)c1ccc(NC(=O)c2ccccc2)cc1. The molecule has 0 aliphatic rings. The lowest BCUT2D eigenvalue weighted by molar-refractivity contribution is 0.102. The Bertz CT molecular complexity index is 534. The van der Waals surface area contributed by atoms with Gasteiger partial charge in [0, 0.05) is 30.5 Å². The van der Waals surface area contributed by atoms with Crippen LogP contribution in [0.4, 0.5) is 11.4 Å². The molecule has 1 amide bonds. The number of benzene rings is 2. The second-order valence-electron chi connectivity index (χ2n) is 4.38. The van der Waals surface area contributed by atoms with Crippen molar-refractivity contribution in [2.75, 3.05) is 23.8 Å². The predicted molar refractivity (Wildman–Crippen MR) is 79.8 cm³/mol. The number of anilines is 2. The minimum Gasteiger partial charge on any atom is -0.375 e. The van der Waals surface area contributed by atoms with E-state index in [-0.39, 0.29) is 5.91 Å². The van der Waals surface area contributed by atoms with E-state index in [9.17, 15) is 4.79 Å². The maximum absolute atomic E-state index is 12.0. The van der Waals surface area contributed by atoms with E-state index >= 15 is 0 Å². The average Bonchev–Trinajstić information content (AvgIpc) is 2.48. The molecule has 0 radical (unpaired) electrons. The first-order valence-corrected chi connectivity index (χ1v) is 6.38. The maximum atomic E-state index is 12.0. The standard InChI is InChI=1S/C16H18N2O/c1-3-18(2)15-11-9-14(10-12-15)17-16(19)13-7-5-4-6-8-13/h4-12H,3H2,1-2H3,(H,17,19). The molecule has 0 atom stereocenters. The van der Waals surface area contributed by atoms with E-state index in [1.54, 1.807) is 12.1 Å². The van der Waals surface area contributed by atoms with Gasteiger partial charge in [0.1, 0.15) is 0 Å². The molecule has 0 unspecified atom stereocenters. The van der Waals surface area contributed by atoms with Crippen molar-refractivity contribution in [2.24, 2.45) is 0 Å². The summed E-state index contributed by atoms with van der Waals surface area (Å²) >= 11 is 0. The molecule has 0 aliphatic carbocycles. The first-order valence-electron chi connectivity index (χ1n) is 6.38. The van der Waals surface area contributed by atoms with Gasteiger partial charge in [-0.1, -0.05) is 18.2 Å². The molecule has 0 fully saturated rings. The summed E-state index contributed by atoms with van der Waals surface area (Å²) in [6, 6.07) is 17.1. The quantitative estimate of drug-likeness (QED) is 0.907. The zero-order chi connectivity index (χ0) is 13.7. The van der Waals surface area contributed by atoms with E-state index < -0.39 is 0 Å². The fourth-order valence-corrected chi connectivity index (χ4v) is 1.77. The average molecular weight is 254 g/mol. The summed E-state index contributed by atoms with van der Waals surface area (Å²) in [6.45, 7) is 3.06. The molecule has 3 heteroatoms. The van der Waals surface area contributed by atoms with Crippen molar-refractivity contribution < 1.29 is 4.79 Å². The molecular formula is C16H18N2O. The van der Waals surface area contributed by atoms with Crippen molar-refractivity contribution in [3.63, 3.8) is 0 Å². The minimum atomic E-state index is -0.0859. The van der Waals surface area contributed by atoms with Crippen LogP contribution in [0.2, 0.25) is 0 Å². The van der Waals surface area contributed by atoms with E-state index in [0.29, 0.717) is 5.56 Å². The molecule has 1 N–H and O–H groups in total. The Morgan fingerprint density at radius 2 is 1.68 bits per heavy atom. The summed E-state index contributed by atoms with van der Waals surface area (Å²) in [6.07, 6.45) is 0. The Kier molecular flexibility index (Phi) is 4.18. The Balaban J connectivity index is 2.06. The van der Waals surface area contributed by atoms with Gasteiger partial charge < -0.3 is 10.2 Å². The third kappa shape index (κ3) is 3.35. The predicted octanol–water partition coefficient (Wildman–Crippen LogP) is 3.40. The summed E-state index contributed by atoms with van der Waals surface area (Å²) in [7, 11) is 2.04. The Morgan fingerprint density at radius 1 is 1.05 bits per heavy atom. The lowest BCUT2D eigenvalue weighted by Crippen LogP contribution is -2.16. The molecule has 98 valence electrons. The van der Waals surface area contributed by atoms with Crippen LogP contribution in [-0.2, 0) is 0 Å². The van der Waals surface area contributed by atoms with E-state index in [2.05, 4.69) is 17.1 Å². The van der Waals surface area contributed by atoms with E-state index in [1.807, 2.05) is 49.5 Å². The molecule has 2 aromatic carbocycles. The normalized spacial score (nSPS) is 10.0. The summed E-state index contributed by atoms with van der Waals surface area (Å²) in [5.41, 5.74) is 2.61. The number of rotatable bonds is 4. The van der Waals surface area contributed by atoms with Crippen molar-refractivity contribution in [3.05, 3.63) is 60.2 Å². The van der Waals surface area contributed by atoms with Crippen molar-refractivity contribution in [3.8, 4) is 0 Å². The van der Waals surface area contributed by atoms with Crippen molar-refractivity contribution in [1.82, 2.24) is 0 Å². The topological polar surface area (TPSA) is 32.3 Å². The van der Waals surface area contributed by atoms with Gasteiger partial charge in [0.25, 0.3) is 5.91 Å². The van der Waals surface area contributed by atoms with Crippen LogP contribution >= 0.6 is 0 Å². The van der Waals surface area contributed by atoms with Gasteiger partial charge in [0.05, 0.1) is 0 Å². The first kappa shape index (κ1) is 13.1. The Hall–Kier alpha value is -2.29. The molecule has 0 heterocycles. The van der Waals surface area contributed by atoms with E-state index in [4.69, 9.17) is 0 Å². The summed E-state index contributed by atoms with van der Waals surface area (Å²) in [5.74, 6) is -0.0859. The molecule has 0 saturated heterocycles. The zero-order valence-corrected chi connectivity index (χ0v) is 11.3. The van der Waals surface area contributed by atoms with Crippen molar-refractivity contribution in [2.45, 2.75) is 6.92 Å². The first-order chi connectivity index (χ1) is 9.20. The van der Waals surface area contributed by atoms with Gasteiger partial charge in [-0.05, 0) is 43.3 Å². The smallest absolute Gasteiger partial charge is 0.255 e. The van der Waals surface area contributed by atoms with Gasteiger partial charge in [-0.2, -0.15) is 0 Å². The Morgan fingerprint density at radius 3 is 2.26 bits per heavy atom. The van der Waals surface area contributed by atoms with Crippen molar-refractivity contribution in [1.29, 1.82) is 0 Å². The highest BCUT2D eigenvalue weighted by Crippen LogP contribution is 2.17. The van der Waals surface area contributed by atoms with Crippen LogP contribution in [0.5, 0.6) is 0 Å². The highest BCUT2D eigenvalue weighted by atomic mass is 16.1. The third-order valence-electron chi connectivity index (χ3n) is 3.08. The van der Waals surface area contributed by atoms with Crippen LogP contribution in [0.25, 0.3) is 0 Å². The molecule has 0 aromatic heterocycles. The van der Waals surface area contributed by atoms with Gasteiger partial charge in [-0.3, -0.25) is 4.79 Å². The summed E-state index contributed by atoms with van der Waals surface area (Å²) < 4.78 is 0. The monoisotopic (exact) mass is 254 g/mol. The molecule has 0 bridgehead atoms. The number of amides is 1. The number of carbonyl (C=O) groups is 1. The number of carbonyl (C=O) groups excluding carboxylic acids is 1. The number of hydrogen-bond donors (Lipinski definition) is 1. The molecule has 19 heavy (non-hydrogen) atoms. The molecule has 2 aromatic rings. The number of nitrogens with one attached hydrogen (secondary N) is 1. The lowest BCUT2D eigenvalue weighted by atomic mass is 10.2. The minimum absolute atomic E-state index is 0.0859. The highest BCUT2D eigenvalue weighted by molar-refractivity contribution is 6.04. The van der Waals surface area contributed by atoms with Crippen LogP contribution < -0.4 is 10.2 Å². The lowest BCUT2D eigenvalue weighted by Gasteiger charge is -2.17. The number of hydrogen-bond acceptors (Lipinski definition) is 2. The van der Waals surface area contributed by atoms with Gasteiger partial charge in [-0.25, -0.2) is 0 Å². The Labute approximate surface area is 113 Å². The molecule has 3 nitrogen and oxygen atoms in total. The van der Waals surface area contributed by atoms with Gasteiger partial charge in [-0.15, -0.1) is 0 Å². The zero-order valence-electron chi connectivity index (χ0n) is 11.3. The fourth-order valence-electron chi connectivity index (χ4n) is 1.77. The molecule has 0 saturated carbocycles. The third-order valence-corrected chi connectivity index (χ3v) is 3.08. The van der Waals surface area contributed by atoms with Crippen LogP contribution in [0.1, 0.15) is 17.3 Å². The van der Waals surface area contributed by atoms with Crippen LogP contribution in [0.3, 0.4) is 0 Å². The second-order valence-corrected chi connectivity index (χ2v) is 4.38. The molecule has 2 rings (SSSR count). The summed E-state index contributed by atoms with van der Waals surface area (Å²) in [4.78, 5) is 14.1.